The molecule has 6 nitrogen and oxygen atoms in total. The molecule has 3 aromatic rings. The summed E-state index contributed by atoms with van der Waals surface area (Å²) in [5.41, 5.74) is 4.58. The molecule has 37 heavy (non-hydrogen) atoms. The molecule has 196 valence electrons. The average molecular weight is 501 g/mol. The minimum Gasteiger partial charge on any atom is -0.378 e. The first kappa shape index (κ1) is 25.4. The number of aryl methyl sites for hydroxylation is 1. The van der Waals surface area contributed by atoms with Gasteiger partial charge in [-0.15, -0.1) is 0 Å². The first-order valence-electron chi connectivity index (χ1n) is 13.4. The summed E-state index contributed by atoms with van der Waals surface area (Å²) in [5, 5.41) is 4.31. The maximum atomic E-state index is 13.9. The van der Waals surface area contributed by atoms with E-state index in [0.717, 1.165) is 29.7 Å². The fraction of sp³-hybridized carbons (Fsp3) is 0.484. The maximum Gasteiger partial charge on any atom is 0.249 e. The summed E-state index contributed by atoms with van der Waals surface area (Å²) in [7, 11) is 3.97. The summed E-state index contributed by atoms with van der Waals surface area (Å²) in [6.07, 6.45) is 2.37. The average Bonchev–Trinajstić information content (AvgIpc) is 3.71. The van der Waals surface area contributed by atoms with Crippen LogP contribution in [0.25, 0.3) is 10.9 Å². The van der Waals surface area contributed by atoms with Crippen LogP contribution >= 0.6 is 0 Å². The van der Waals surface area contributed by atoms with Crippen LogP contribution in [0.2, 0.25) is 0 Å². The third-order valence-corrected chi connectivity index (χ3v) is 8.68. The van der Waals surface area contributed by atoms with Crippen LogP contribution in [-0.4, -0.2) is 47.4 Å². The van der Waals surface area contributed by atoms with Crippen molar-refractivity contribution in [1.29, 1.82) is 0 Å². The fourth-order valence-electron chi connectivity index (χ4n) is 6.22. The Hall–Kier alpha value is -3.28. The summed E-state index contributed by atoms with van der Waals surface area (Å²) >= 11 is 0. The van der Waals surface area contributed by atoms with Crippen molar-refractivity contribution in [2.75, 3.05) is 24.3 Å². The van der Waals surface area contributed by atoms with Crippen LogP contribution in [0.5, 0.6) is 0 Å². The number of hydrogen-bond acceptors (Lipinski definition) is 3. The Labute approximate surface area is 220 Å². The monoisotopic (exact) mass is 500 g/mol. The van der Waals surface area contributed by atoms with E-state index in [9.17, 15) is 9.59 Å². The molecule has 1 aromatic heterocycles. The Morgan fingerprint density at radius 3 is 2.32 bits per heavy atom. The molecule has 0 radical (unpaired) electrons. The SMILES string of the molecule is Cc1[nH]c2ccccc2c1[C@@H]1[C@@H](CC(=O)N(C2CC2)C(C)(C)C(=O)Nc2ccc(N(C)C)cc2)C1(C)C. The molecule has 0 aliphatic heterocycles. The molecule has 0 unspecified atom stereocenters. The van der Waals surface area contributed by atoms with Crippen LogP contribution in [0.15, 0.2) is 48.5 Å². The summed E-state index contributed by atoms with van der Waals surface area (Å²) < 4.78 is 0. The molecular weight excluding hydrogens is 460 g/mol. The minimum absolute atomic E-state index is 0.0290. The lowest BCUT2D eigenvalue weighted by atomic mass is 9.98. The second-order valence-electron chi connectivity index (χ2n) is 12.3. The summed E-state index contributed by atoms with van der Waals surface area (Å²) in [6, 6.07) is 16.3. The van der Waals surface area contributed by atoms with Gasteiger partial charge in [0.1, 0.15) is 5.54 Å². The van der Waals surface area contributed by atoms with E-state index >= 15 is 0 Å². The fourth-order valence-corrected chi connectivity index (χ4v) is 6.22. The minimum atomic E-state index is -0.941. The van der Waals surface area contributed by atoms with Crippen LogP contribution in [0.3, 0.4) is 0 Å². The van der Waals surface area contributed by atoms with Gasteiger partial charge in [0.15, 0.2) is 0 Å². The topological polar surface area (TPSA) is 68.4 Å². The van der Waals surface area contributed by atoms with Crippen LogP contribution < -0.4 is 10.2 Å². The van der Waals surface area contributed by atoms with Gasteiger partial charge in [0.25, 0.3) is 0 Å². The van der Waals surface area contributed by atoms with Crippen LogP contribution in [0.4, 0.5) is 11.4 Å². The van der Waals surface area contributed by atoms with Crippen molar-refractivity contribution in [2.45, 2.75) is 71.4 Å². The molecule has 2 N–H and O–H groups in total. The number of amides is 2. The lowest BCUT2D eigenvalue weighted by Crippen LogP contribution is -2.56. The number of anilines is 2. The molecule has 5 rings (SSSR count). The molecule has 0 saturated heterocycles. The van der Waals surface area contributed by atoms with E-state index in [4.69, 9.17) is 0 Å². The Morgan fingerprint density at radius 1 is 1.05 bits per heavy atom. The van der Waals surface area contributed by atoms with Gasteiger partial charge in [-0.05, 0) is 86.8 Å². The van der Waals surface area contributed by atoms with E-state index < -0.39 is 5.54 Å². The van der Waals surface area contributed by atoms with Gasteiger partial charge in [0, 0.05) is 54.5 Å². The van der Waals surface area contributed by atoms with Crippen LogP contribution in [-0.2, 0) is 9.59 Å². The van der Waals surface area contributed by atoms with Gasteiger partial charge in [-0.1, -0.05) is 32.0 Å². The van der Waals surface area contributed by atoms with Crippen molar-refractivity contribution in [2.24, 2.45) is 11.3 Å². The number of H-pyrrole nitrogens is 1. The number of nitrogens with one attached hydrogen (secondary N) is 2. The first-order valence-corrected chi connectivity index (χ1v) is 13.4. The van der Waals surface area contributed by atoms with E-state index in [1.54, 1.807) is 0 Å². The van der Waals surface area contributed by atoms with Crippen molar-refractivity contribution >= 4 is 34.1 Å². The zero-order valence-corrected chi connectivity index (χ0v) is 23.2. The van der Waals surface area contributed by atoms with E-state index in [1.165, 1.54) is 16.6 Å². The number of aromatic nitrogens is 1. The number of carbonyl (C=O) groups excluding carboxylic acids is 2. The standard InChI is InChI=1S/C31H40N4O2/c1-19-27(23-10-8-9-11-25(23)32-19)28-24(30(28,2)3)18-26(36)35(22-16-17-22)31(4,5)29(37)33-20-12-14-21(15-13-20)34(6)7/h8-15,22,24,28,32H,16-18H2,1-7H3,(H,33,37)/t24-,28+/m1/s1. The third-order valence-electron chi connectivity index (χ3n) is 8.68. The molecule has 2 aliphatic carbocycles. The zero-order valence-electron chi connectivity index (χ0n) is 23.2. The molecule has 6 heteroatoms. The predicted molar refractivity (Wildman–Crippen MR) is 151 cm³/mol. The van der Waals surface area contributed by atoms with E-state index in [-0.39, 0.29) is 29.2 Å². The van der Waals surface area contributed by atoms with Crippen LogP contribution in [0, 0.1) is 18.3 Å². The normalized spacial score (nSPS) is 20.5. The van der Waals surface area contributed by atoms with Gasteiger partial charge in [0.2, 0.25) is 11.8 Å². The number of nitrogens with zero attached hydrogens (tertiary/aromatic N) is 2. The lowest BCUT2D eigenvalue weighted by Gasteiger charge is -2.38. The summed E-state index contributed by atoms with van der Waals surface area (Å²) in [4.78, 5) is 34.8. The second kappa shape index (κ2) is 8.93. The smallest absolute Gasteiger partial charge is 0.249 e. The van der Waals surface area contributed by atoms with Gasteiger partial charge in [-0.2, -0.15) is 0 Å². The van der Waals surface area contributed by atoms with Gasteiger partial charge in [0.05, 0.1) is 0 Å². The molecular formula is C31H40N4O2. The number of rotatable bonds is 8. The highest BCUT2D eigenvalue weighted by molar-refractivity contribution is 6.00. The van der Waals surface area contributed by atoms with Crippen molar-refractivity contribution in [3.05, 3.63) is 59.8 Å². The highest BCUT2D eigenvalue weighted by Gasteiger charge is 2.60. The second-order valence-corrected chi connectivity index (χ2v) is 12.3. The number of aromatic amines is 1. The van der Waals surface area contributed by atoms with Crippen molar-refractivity contribution < 1.29 is 9.59 Å². The number of fused-ring (bicyclic) bond motifs is 1. The molecule has 2 saturated carbocycles. The number of carbonyl (C=O) groups is 2. The maximum absolute atomic E-state index is 13.9. The quantitative estimate of drug-likeness (QED) is 0.394. The van der Waals surface area contributed by atoms with Crippen molar-refractivity contribution in [3.63, 3.8) is 0 Å². The summed E-state index contributed by atoms with van der Waals surface area (Å²) in [6.45, 7) is 10.4. The van der Waals surface area contributed by atoms with Gasteiger partial charge < -0.3 is 20.1 Å². The molecule has 2 aromatic carbocycles. The molecule has 2 atom stereocenters. The Morgan fingerprint density at radius 2 is 1.70 bits per heavy atom. The number of benzene rings is 2. The summed E-state index contributed by atoms with van der Waals surface area (Å²) in [5.74, 6) is 0.505. The van der Waals surface area contributed by atoms with E-state index in [0.29, 0.717) is 12.3 Å². The van der Waals surface area contributed by atoms with Gasteiger partial charge in [-0.3, -0.25) is 9.59 Å². The predicted octanol–water partition coefficient (Wildman–Crippen LogP) is 6.08. The molecule has 1 heterocycles. The van der Waals surface area contributed by atoms with Gasteiger partial charge >= 0.3 is 0 Å². The lowest BCUT2D eigenvalue weighted by molar-refractivity contribution is -0.144. The largest absolute Gasteiger partial charge is 0.378 e. The zero-order chi connectivity index (χ0) is 26.7. The van der Waals surface area contributed by atoms with Gasteiger partial charge in [-0.25, -0.2) is 0 Å². The molecule has 2 fully saturated rings. The Kier molecular flexibility index (Phi) is 6.12. The first-order chi connectivity index (χ1) is 17.4. The Bertz CT molecular complexity index is 1330. The van der Waals surface area contributed by atoms with Crippen molar-refractivity contribution in [1.82, 2.24) is 9.88 Å². The molecule has 2 amide bonds. The molecule has 2 aliphatic rings. The number of hydrogen-bond donors (Lipinski definition) is 2. The van der Waals surface area contributed by atoms with E-state index in [2.05, 4.69) is 55.3 Å². The Balaban J connectivity index is 1.33. The molecule has 0 spiro atoms. The number of para-hydroxylation sites is 1. The third kappa shape index (κ3) is 4.51. The highest BCUT2D eigenvalue weighted by Crippen LogP contribution is 2.67. The van der Waals surface area contributed by atoms with Crippen LogP contribution in [0.1, 0.15) is 64.1 Å². The van der Waals surface area contributed by atoms with Crippen molar-refractivity contribution in [3.8, 4) is 0 Å². The molecule has 0 bridgehead atoms. The highest BCUT2D eigenvalue weighted by atomic mass is 16.2. The van der Waals surface area contributed by atoms with E-state index in [1.807, 2.05) is 62.0 Å².